The molecule has 110 valence electrons. The number of rotatable bonds is 5. The van der Waals surface area contributed by atoms with E-state index in [-0.39, 0.29) is 11.3 Å². The van der Waals surface area contributed by atoms with Crippen LogP contribution in [-0.4, -0.2) is 23.0 Å². The monoisotopic (exact) mass is 277 g/mol. The molecule has 0 unspecified atom stereocenters. The van der Waals surface area contributed by atoms with Gasteiger partial charge in [-0.2, -0.15) is 0 Å². The van der Waals surface area contributed by atoms with Crippen LogP contribution in [0.25, 0.3) is 0 Å². The fourth-order valence-electron chi connectivity index (χ4n) is 2.12. The van der Waals surface area contributed by atoms with E-state index in [2.05, 4.69) is 5.32 Å². The van der Waals surface area contributed by atoms with Crippen molar-refractivity contribution in [1.29, 1.82) is 0 Å². The third kappa shape index (κ3) is 4.08. The minimum absolute atomic E-state index is 0.169. The first kappa shape index (κ1) is 16.2. The molecule has 0 aromatic heterocycles. The van der Waals surface area contributed by atoms with Crippen LogP contribution in [0.4, 0.5) is 0 Å². The number of amides is 1. The summed E-state index contributed by atoms with van der Waals surface area (Å²) in [7, 11) is 0. The highest BCUT2D eigenvalue weighted by atomic mass is 16.4. The number of carbonyl (C=O) groups excluding carboxylic acids is 1. The fraction of sp³-hybridized carbons (Fsp3) is 0.500. The molecule has 4 heteroatoms. The topological polar surface area (TPSA) is 66.4 Å². The molecular weight excluding hydrogens is 254 g/mol. The number of nitrogens with one attached hydrogen (secondary N) is 1. The molecule has 2 N–H and O–H groups in total. The van der Waals surface area contributed by atoms with Crippen LogP contribution in [0.1, 0.15) is 56.5 Å². The maximum Gasteiger partial charge on any atom is 0.326 e. The van der Waals surface area contributed by atoms with Crippen molar-refractivity contribution in [3.05, 3.63) is 35.4 Å². The normalized spacial score (nSPS) is 12.8. The number of hydrogen-bond donors (Lipinski definition) is 2. The minimum atomic E-state index is -0.992. The van der Waals surface area contributed by atoms with Gasteiger partial charge in [0, 0.05) is 5.56 Å². The van der Waals surface area contributed by atoms with Crippen molar-refractivity contribution in [3.8, 4) is 0 Å². The Morgan fingerprint density at radius 2 is 1.85 bits per heavy atom. The molecule has 0 saturated carbocycles. The van der Waals surface area contributed by atoms with Crippen molar-refractivity contribution in [2.45, 2.75) is 52.0 Å². The van der Waals surface area contributed by atoms with E-state index in [4.69, 9.17) is 5.11 Å². The lowest BCUT2D eigenvalue weighted by Crippen LogP contribution is -2.41. The molecule has 20 heavy (non-hydrogen) atoms. The summed E-state index contributed by atoms with van der Waals surface area (Å²) in [5, 5.41) is 11.7. The summed E-state index contributed by atoms with van der Waals surface area (Å²) in [6, 6.07) is 6.49. The van der Waals surface area contributed by atoms with Crippen molar-refractivity contribution < 1.29 is 14.7 Å². The Morgan fingerprint density at radius 1 is 1.25 bits per heavy atom. The number of carbonyl (C=O) groups is 2. The molecular formula is C16H23NO3. The molecule has 0 saturated heterocycles. The standard InChI is InChI=1S/C16H23NO3/c1-5-8-13(15(19)20)17-14(18)11-9-6-7-10-12(11)16(2,3)4/h6-7,9-10,13H,5,8H2,1-4H3,(H,17,18)(H,19,20)/t13-/m0/s1. The fourth-order valence-corrected chi connectivity index (χ4v) is 2.12. The second-order valence-electron chi connectivity index (χ2n) is 5.95. The highest BCUT2D eigenvalue weighted by Crippen LogP contribution is 2.25. The number of carboxylic acid groups (broad SMARTS) is 1. The second kappa shape index (κ2) is 6.55. The quantitative estimate of drug-likeness (QED) is 0.869. The third-order valence-corrected chi connectivity index (χ3v) is 3.16. The summed E-state index contributed by atoms with van der Waals surface area (Å²) in [6.07, 6.45) is 1.14. The number of carboxylic acids is 1. The lowest BCUT2D eigenvalue weighted by atomic mass is 9.83. The van der Waals surface area contributed by atoms with Gasteiger partial charge in [-0.3, -0.25) is 4.79 Å². The van der Waals surface area contributed by atoms with Crippen molar-refractivity contribution in [1.82, 2.24) is 5.32 Å². The highest BCUT2D eigenvalue weighted by Gasteiger charge is 2.24. The molecule has 0 aliphatic carbocycles. The van der Waals surface area contributed by atoms with Crippen LogP contribution in [0.5, 0.6) is 0 Å². The predicted molar refractivity (Wildman–Crippen MR) is 78.9 cm³/mol. The highest BCUT2D eigenvalue weighted by molar-refractivity contribution is 5.98. The summed E-state index contributed by atoms with van der Waals surface area (Å²) >= 11 is 0. The van der Waals surface area contributed by atoms with Crippen LogP contribution in [0.2, 0.25) is 0 Å². The lowest BCUT2D eigenvalue weighted by Gasteiger charge is -2.23. The summed E-state index contributed by atoms with van der Waals surface area (Å²) in [6.45, 7) is 7.98. The molecule has 1 amide bonds. The molecule has 1 rings (SSSR count). The van der Waals surface area contributed by atoms with Gasteiger partial charge in [0.2, 0.25) is 0 Å². The first-order valence-electron chi connectivity index (χ1n) is 6.90. The van der Waals surface area contributed by atoms with E-state index >= 15 is 0 Å². The molecule has 0 bridgehead atoms. The molecule has 0 radical (unpaired) electrons. The molecule has 0 aliphatic heterocycles. The Morgan fingerprint density at radius 3 is 2.35 bits per heavy atom. The SMILES string of the molecule is CCC[C@H](NC(=O)c1ccccc1C(C)(C)C)C(=O)O. The Kier molecular flexibility index (Phi) is 5.31. The van der Waals surface area contributed by atoms with Crippen LogP contribution >= 0.6 is 0 Å². The van der Waals surface area contributed by atoms with E-state index in [1.807, 2.05) is 39.8 Å². The van der Waals surface area contributed by atoms with Gasteiger partial charge in [0.15, 0.2) is 0 Å². The molecule has 1 aromatic carbocycles. The lowest BCUT2D eigenvalue weighted by molar-refractivity contribution is -0.139. The zero-order valence-corrected chi connectivity index (χ0v) is 12.6. The maximum atomic E-state index is 12.3. The summed E-state index contributed by atoms with van der Waals surface area (Å²) in [5.41, 5.74) is 1.29. The van der Waals surface area contributed by atoms with E-state index in [1.165, 1.54) is 0 Å². The van der Waals surface area contributed by atoms with Gasteiger partial charge in [0.05, 0.1) is 0 Å². The van der Waals surface area contributed by atoms with Crippen molar-refractivity contribution in [2.24, 2.45) is 0 Å². The average Bonchev–Trinajstić information content (AvgIpc) is 2.37. The molecule has 0 heterocycles. The van der Waals surface area contributed by atoms with E-state index in [1.54, 1.807) is 12.1 Å². The summed E-state index contributed by atoms with van der Waals surface area (Å²) in [4.78, 5) is 23.5. The summed E-state index contributed by atoms with van der Waals surface area (Å²) in [5.74, 6) is -1.31. The van der Waals surface area contributed by atoms with E-state index in [0.29, 0.717) is 18.4 Å². The maximum absolute atomic E-state index is 12.3. The molecule has 1 aromatic rings. The zero-order valence-electron chi connectivity index (χ0n) is 12.6. The van der Waals surface area contributed by atoms with Gasteiger partial charge in [-0.25, -0.2) is 4.79 Å². The number of hydrogen-bond acceptors (Lipinski definition) is 2. The minimum Gasteiger partial charge on any atom is -0.480 e. The van der Waals surface area contributed by atoms with Gasteiger partial charge in [0.1, 0.15) is 6.04 Å². The van der Waals surface area contributed by atoms with E-state index in [0.717, 1.165) is 5.56 Å². The average molecular weight is 277 g/mol. The van der Waals surface area contributed by atoms with E-state index < -0.39 is 12.0 Å². The second-order valence-corrected chi connectivity index (χ2v) is 5.95. The van der Waals surface area contributed by atoms with Crippen LogP contribution in [0, 0.1) is 0 Å². The molecule has 0 fully saturated rings. The van der Waals surface area contributed by atoms with Gasteiger partial charge in [-0.15, -0.1) is 0 Å². The van der Waals surface area contributed by atoms with Gasteiger partial charge in [0.25, 0.3) is 5.91 Å². The first-order chi connectivity index (χ1) is 9.27. The zero-order chi connectivity index (χ0) is 15.3. The third-order valence-electron chi connectivity index (χ3n) is 3.16. The number of aliphatic carboxylic acids is 1. The first-order valence-corrected chi connectivity index (χ1v) is 6.90. The Bertz CT molecular complexity index is 489. The van der Waals surface area contributed by atoms with Crippen LogP contribution in [0.3, 0.4) is 0 Å². The number of benzene rings is 1. The Labute approximate surface area is 120 Å². The van der Waals surface area contributed by atoms with Crippen molar-refractivity contribution in [2.75, 3.05) is 0 Å². The van der Waals surface area contributed by atoms with Crippen LogP contribution in [0.15, 0.2) is 24.3 Å². The van der Waals surface area contributed by atoms with Crippen LogP contribution in [-0.2, 0) is 10.2 Å². The Hall–Kier alpha value is -1.84. The van der Waals surface area contributed by atoms with E-state index in [9.17, 15) is 9.59 Å². The van der Waals surface area contributed by atoms with Crippen molar-refractivity contribution in [3.63, 3.8) is 0 Å². The smallest absolute Gasteiger partial charge is 0.326 e. The molecule has 1 atom stereocenters. The van der Waals surface area contributed by atoms with Crippen molar-refractivity contribution >= 4 is 11.9 Å². The van der Waals surface area contributed by atoms with Crippen LogP contribution < -0.4 is 5.32 Å². The predicted octanol–water partition coefficient (Wildman–Crippen LogP) is 2.97. The summed E-state index contributed by atoms with van der Waals surface area (Å²) < 4.78 is 0. The van der Waals surface area contributed by atoms with Gasteiger partial charge >= 0.3 is 5.97 Å². The molecule has 4 nitrogen and oxygen atoms in total. The largest absolute Gasteiger partial charge is 0.480 e. The Balaban J connectivity index is 3.01. The van der Waals surface area contributed by atoms with Gasteiger partial charge < -0.3 is 10.4 Å². The van der Waals surface area contributed by atoms with Gasteiger partial charge in [-0.1, -0.05) is 52.3 Å². The molecule has 0 spiro atoms. The molecule has 0 aliphatic rings. The van der Waals surface area contributed by atoms with Gasteiger partial charge in [-0.05, 0) is 23.5 Å².